The van der Waals surface area contributed by atoms with Crippen LogP contribution < -0.4 is 10.5 Å². The molecule has 1 aromatic carbocycles. The highest BCUT2D eigenvalue weighted by atomic mass is 35.5. The average Bonchev–Trinajstić information content (AvgIpc) is 2.45. The zero-order chi connectivity index (χ0) is 13.8. The number of amidine groups is 1. The van der Waals surface area contributed by atoms with Gasteiger partial charge in [0.15, 0.2) is 0 Å². The molecule has 1 heterocycles. The Balaban J connectivity index is 2.24. The van der Waals surface area contributed by atoms with E-state index >= 15 is 0 Å². The molecule has 5 nitrogen and oxygen atoms in total. The number of aromatic nitrogens is 1. The lowest BCUT2D eigenvalue weighted by Gasteiger charge is -2.13. The van der Waals surface area contributed by atoms with E-state index < -0.39 is 0 Å². The number of fused-ring (bicyclic) bond motifs is 1. The quantitative estimate of drug-likeness (QED) is 0.390. The molecule has 1 atom stereocenters. The summed E-state index contributed by atoms with van der Waals surface area (Å²) in [6, 6.07) is 7.22. The SMILES string of the molecule is CC(COc1ccc(Cl)c2cccnc12)/C(N)=N/O. The molecule has 1 unspecified atom stereocenters. The van der Waals surface area contributed by atoms with Crippen LogP contribution in [0.1, 0.15) is 6.92 Å². The number of pyridine rings is 1. The molecule has 0 bridgehead atoms. The molecule has 0 aliphatic carbocycles. The highest BCUT2D eigenvalue weighted by molar-refractivity contribution is 6.35. The van der Waals surface area contributed by atoms with Crippen molar-refractivity contribution < 1.29 is 9.94 Å². The summed E-state index contributed by atoms with van der Waals surface area (Å²) >= 11 is 6.10. The average molecular weight is 280 g/mol. The Bertz CT molecular complexity index is 616. The fourth-order valence-electron chi connectivity index (χ4n) is 1.63. The van der Waals surface area contributed by atoms with Gasteiger partial charge in [0.1, 0.15) is 17.1 Å². The first-order chi connectivity index (χ1) is 9.13. The van der Waals surface area contributed by atoms with Gasteiger partial charge >= 0.3 is 0 Å². The van der Waals surface area contributed by atoms with Gasteiger partial charge in [-0.15, -0.1) is 0 Å². The minimum Gasteiger partial charge on any atom is -0.491 e. The van der Waals surface area contributed by atoms with E-state index in [2.05, 4.69) is 10.1 Å². The molecule has 0 aliphatic heterocycles. The summed E-state index contributed by atoms with van der Waals surface area (Å²) in [4.78, 5) is 4.26. The smallest absolute Gasteiger partial charge is 0.145 e. The first-order valence-corrected chi connectivity index (χ1v) is 6.14. The highest BCUT2D eigenvalue weighted by Crippen LogP contribution is 2.29. The predicted octanol–water partition coefficient (Wildman–Crippen LogP) is 2.65. The van der Waals surface area contributed by atoms with Crippen LogP contribution in [-0.2, 0) is 0 Å². The molecular weight excluding hydrogens is 266 g/mol. The summed E-state index contributed by atoms with van der Waals surface area (Å²) in [5.41, 5.74) is 6.20. The summed E-state index contributed by atoms with van der Waals surface area (Å²) in [7, 11) is 0. The minimum absolute atomic E-state index is 0.131. The first-order valence-electron chi connectivity index (χ1n) is 5.77. The van der Waals surface area contributed by atoms with E-state index in [1.807, 2.05) is 12.1 Å². The van der Waals surface area contributed by atoms with Gasteiger partial charge in [-0.3, -0.25) is 4.98 Å². The van der Waals surface area contributed by atoms with Gasteiger partial charge in [0, 0.05) is 11.6 Å². The number of benzene rings is 1. The summed E-state index contributed by atoms with van der Waals surface area (Å²) in [5.74, 6) is 0.559. The van der Waals surface area contributed by atoms with Crippen LogP contribution in [0, 0.1) is 5.92 Å². The zero-order valence-corrected chi connectivity index (χ0v) is 11.1. The maximum absolute atomic E-state index is 8.59. The standard InChI is InChI=1S/C13H14ClN3O2/c1-8(13(15)17-18)7-19-11-5-4-10(14)9-3-2-6-16-12(9)11/h2-6,8,18H,7H2,1H3,(H2,15,17). The number of ether oxygens (including phenoxy) is 1. The lowest BCUT2D eigenvalue weighted by atomic mass is 10.2. The van der Waals surface area contributed by atoms with Gasteiger partial charge in [0.2, 0.25) is 0 Å². The molecule has 2 aromatic rings. The molecule has 0 radical (unpaired) electrons. The summed E-state index contributed by atoms with van der Waals surface area (Å²) in [6.45, 7) is 2.10. The number of halogens is 1. The predicted molar refractivity (Wildman–Crippen MR) is 74.8 cm³/mol. The van der Waals surface area contributed by atoms with Crippen molar-refractivity contribution in [2.75, 3.05) is 6.61 Å². The molecule has 19 heavy (non-hydrogen) atoms. The van der Waals surface area contributed by atoms with Crippen molar-refractivity contribution in [2.24, 2.45) is 16.8 Å². The van der Waals surface area contributed by atoms with Crippen LogP contribution in [0.4, 0.5) is 0 Å². The fraction of sp³-hybridized carbons (Fsp3) is 0.231. The van der Waals surface area contributed by atoms with Gasteiger partial charge in [-0.05, 0) is 24.3 Å². The van der Waals surface area contributed by atoms with Crippen LogP contribution in [0.3, 0.4) is 0 Å². The van der Waals surface area contributed by atoms with Gasteiger partial charge in [-0.2, -0.15) is 0 Å². The molecular formula is C13H14ClN3O2. The van der Waals surface area contributed by atoms with E-state index in [9.17, 15) is 0 Å². The molecule has 6 heteroatoms. The topological polar surface area (TPSA) is 80.7 Å². The molecule has 2 rings (SSSR count). The van der Waals surface area contributed by atoms with Crippen molar-refractivity contribution in [3.05, 3.63) is 35.5 Å². The van der Waals surface area contributed by atoms with Gasteiger partial charge < -0.3 is 15.7 Å². The van der Waals surface area contributed by atoms with Gasteiger partial charge in [-0.25, -0.2) is 0 Å². The summed E-state index contributed by atoms with van der Waals surface area (Å²) in [5, 5.41) is 13.0. The number of oxime groups is 1. The number of hydrogen-bond acceptors (Lipinski definition) is 4. The van der Waals surface area contributed by atoms with Crippen molar-refractivity contribution in [1.82, 2.24) is 4.98 Å². The van der Waals surface area contributed by atoms with Crippen molar-refractivity contribution in [2.45, 2.75) is 6.92 Å². The second-order valence-corrected chi connectivity index (χ2v) is 4.59. The third-order valence-electron chi connectivity index (χ3n) is 2.79. The van der Waals surface area contributed by atoms with Crippen molar-refractivity contribution in [3.63, 3.8) is 0 Å². The maximum Gasteiger partial charge on any atom is 0.145 e. The Labute approximate surface area is 115 Å². The summed E-state index contributed by atoms with van der Waals surface area (Å²) in [6.07, 6.45) is 1.68. The minimum atomic E-state index is -0.195. The number of nitrogens with zero attached hydrogens (tertiary/aromatic N) is 2. The molecule has 3 N–H and O–H groups in total. The van der Waals surface area contributed by atoms with E-state index in [-0.39, 0.29) is 11.8 Å². The van der Waals surface area contributed by atoms with Gasteiger partial charge in [0.05, 0.1) is 17.5 Å². The van der Waals surface area contributed by atoms with Crippen LogP contribution in [0.15, 0.2) is 35.6 Å². The Kier molecular flexibility index (Phi) is 4.06. The highest BCUT2D eigenvalue weighted by Gasteiger charge is 2.11. The first kappa shape index (κ1) is 13.4. The Morgan fingerprint density at radius 3 is 3.05 bits per heavy atom. The monoisotopic (exact) mass is 279 g/mol. The molecule has 0 spiro atoms. The number of hydrogen-bond donors (Lipinski definition) is 2. The van der Waals surface area contributed by atoms with Crippen LogP contribution in [-0.4, -0.2) is 22.6 Å². The van der Waals surface area contributed by atoms with Crippen LogP contribution in [0.5, 0.6) is 5.75 Å². The third kappa shape index (κ3) is 2.88. The molecule has 0 saturated carbocycles. The van der Waals surface area contributed by atoms with Crippen molar-refractivity contribution in [3.8, 4) is 5.75 Å². The molecule has 0 amide bonds. The van der Waals surface area contributed by atoms with Gasteiger partial charge in [-0.1, -0.05) is 23.7 Å². The van der Waals surface area contributed by atoms with Crippen LogP contribution in [0.25, 0.3) is 10.9 Å². The van der Waals surface area contributed by atoms with Crippen molar-refractivity contribution >= 4 is 28.3 Å². The van der Waals surface area contributed by atoms with E-state index in [0.717, 1.165) is 5.39 Å². The van der Waals surface area contributed by atoms with Crippen LogP contribution >= 0.6 is 11.6 Å². The second-order valence-electron chi connectivity index (χ2n) is 4.18. The van der Waals surface area contributed by atoms with Crippen LogP contribution in [0.2, 0.25) is 5.02 Å². The van der Waals surface area contributed by atoms with Gasteiger partial charge in [0.25, 0.3) is 0 Å². The summed E-state index contributed by atoms with van der Waals surface area (Å²) < 4.78 is 5.67. The number of nitrogens with two attached hydrogens (primary N) is 1. The lowest BCUT2D eigenvalue weighted by Crippen LogP contribution is -2.26. The normalized spacial score (nSPS) is 13.5. The van der Waals surface area contributed by atoms with E-state index in [1.54, 1.807) is 25.3 Å². The van der Waals surface area contributed by atoms with Crippen molar-refractivity contribution in [1.29, 1.82) is 0 Å². The van der Waals surface area contributed by atoms with E-state index in [4.69, 9.17) is 27.3 Å². The molecule has 1 aromatic heterocycles. The van der Waals surface area contributed by atoms with E-state index in [1.165, 1.54) is 0 Å². The van der Waals surface area contributed by atoms with E-state index in [0.29, 0.717) is 22.9 Å². The largest absolute Gasteiger partial charge is 0.491 e. The number of rotatable bonds is 4. The maximum atomic E-state index is 8.59. The lowest BCUT2D eigenvalue weighted by molar-refractivity contribution is 0.281. The fourth-order valence-corrected chi connectivity index (χ4v) is 1.84. The molecule has 0 fully saturated rings. The molecule has 0 saturated heterocycles. The second kappa shape index (κ2) is 5.75. The Morgan fingerprint density at radius 1 is 1.53 bits per heavy atom. The zero-order valence-electron chi connectivity index (χ0n) is 10.4. The third-order valence-corrected chi connectivity index (χ3v) is 3.12. The molecule has 100 valence electrons. The Morgan fingerprint density at radius 2 is 2.32 bits per heavy atom. The Hall–Kier alpha value is -2.01. The molecule has 0 aliphatic rings.